The predicted octanol–water partition coefficient (Wildman–Crippen LogP) is 4.04. The highest BCUT2D eigenvalue weighted by Gasteiger charge is 2.40. The zero-order valence-electron chi connectivity index (χ0n) is 12.5. The number of carbonyl (C=O) groups is 1. The number of nitrogens with zero attached hydrogens (tertiary/aromatic N) is 1. The fraction of sp³-hybridized carbons (Fsp3) is 0.588. The molecule has 1 aliphatic heterocycles. The number of halogens is 1. The van der Waals surface area contributed by atoms with Crippen LogP contribution in [0.5, 0.6) is 0 Å². The molecule has 1 saturated carbocycles. The standard InChI is InChI=1S/C17H23BrN2O/c1-12-10-13-4-2-3-5-16(13)20(12)11-17(21)19-15-8-6-14(18)7-9-15/h6-9,12-13,16H,2-5,10-11H2,1H3,(H,19,21). The lowest BCUT2D eigenvalue weighted by atomic mass is 9.85. The predicted molar refractivity (Wildman–Crippen MR) is 89.3 cm³/mol. The Kier molecular flexibility index (Phi) is 4.65. The first-order valence-electron chi connectivity index (χ1n) is 7.94. The van der Waals surface area contributed by atoms with Gasteiger partial charge in [-0.05, 0) is 56.4 Å². The molecule has 3 atom stereocenters. The summed E-state index contributed by atoms with van der Waals surface area (Å²) in [5.74, 6) is 0.921. The zero-order valence-corrected chi connectivity index (χ0v) is 14.1. The van der Waals surface area contributed by atoms with Crippen molar-refractivity contribution in [1.29, 1.82) is 0 Å². The van der Waals surface area contributed by atoms with Crippen molar-refractivity contribution in [2.45, 2.75) is 51.1 Å². The normalized spacial score (nSPS) is 29.1. The van der Waals surface area contributed by atoms with Crippen LogP contribution in [0, 0.1) is 5.92 Å². The van der Waals surface area contributed by atoms with E-state index in [-0.39, 0.29) is 5.91 Å². The monoisotopic (exact) mass is 350 g/mol. The van der Waals surface area contributed by atoms with Gasteiger partial charge in [0.1, 0.15) is 0 Å². The molecule has 2 aliphatic rings. The van der Waals surface area contributed by atoms with Gasteiger partial charge in [-0.2, -0.15) is 0 Å². The van der Waals surface area contributed by atoms with Crippen molar-refractivity contribution in [3.63, 3.8) is 0 Å². The van der Waals surface area contributed by atoms with Crippen molar-refractivity contribution in [3.05, 3.63) is 28.7 Å². The Morgan fingerprint density at radius 3 is 2.76 bits per heavy atom. The van der Waals surface area contributed by atoms with E-state index in [2.05, 4.69) is 33.1 Å². The number of rotatable bonds is 3. The molecule has 4 heteroatoms. The molecule has 0 radical (unpaired) electrons. The Morgan fingerprint density at radius 2 is 2.00 bits per heavy atom. The van der Waals surface area contributed by atoms with Crippen molar-refractivity contribution in [2.24, 2.45) is 5.92 Å². The second-order valence-electron chi connectivity index (χ2n) is 6.42. The van der Waals surface area contributed by atoms with E-state index in [9.17, 15) is 4.79 Å². The smallest absolute Gasteiger partial charge is 0.238 e. The number of nitrogens with one attached hydrogen (secondary N) is 1. The summed E-state index contributed by atoms with van der Waals surface area (Å²) >= 11 is 3.41. The Labute approximate surface area is 135 Å². The number of likely N-dealkylation sites (tertiary alicyclic amines) is 1. The minimum absolute atomic E-state index is 0.107. The number of fused-ring (bicyclic) bond motifs is 1. The van der Waals surface area contributed by atoms with E-state index in [4.69, 9.17) is 0 Å². The average Bonchev–Trinajstić information content (AvgIpc) is 2.78. The molecule has 21 heavy (non-hydrogen) atoms. The molecular formula is C17H23BrN2O. The molecule has 1 aliphatic carbocycles. The van der Waals surface area contributed by atoms with Crippen LogP contribution in [0.3, 0.4) is 0 Å². The van der Waals surface area contributed by atoms with Crippen molar-refractivity contribution in [1.82, 2.24) is 4.90 Å². The molecular weight excluding hydrogens is 328 g/mol. The maximum Gasteiger partial charge on any atom is 0.238 e. The highest BCUT2D eigenvalue weighted by molar-refractivity contribution is 9.10. The molecule has 3 nitrogen and oxygen atoms in total. The summed E-state index contributed by atoms with van der Waals surface area (Å²) in [6.07, 6.45) is 6.56. The van der Waals surface area contributed by atoms with Gasteiger partial charge in [-0.15, -0.1) is 0 Å². The summed E-state index contributed by atoms with van der Waals surface area (Å²) in [4.78, 5) is 14.7. The summed E-state index contributed by atoms with van der Waals surface area (Å²) in [7, 11) is 0. The fourth-order valence-corrected chi connectivity index (χ4v) is 4.24. The molecule has 1 N–H and O–H groups in total. The number of amides is 1. The number of benzene rings is 1. The van der Waals surface area contributed by atoms with E-state index >= 15 is 0 Å². The Hall–Kier alpha value is -0.870. The van der Waals surface area contributed by atoms with E-state index in [1.807, 2.05) is 24.3 Å². The Balaban J connectivity index is 1.60. The summed E-state index contributed by atoms with van der Waals surface area (Å²) in [5.41, 5.74) is 0.871. The van der Waals surface area contributed by atoms with Crippen LogP contribution in [0.15, 0.2) is 28.7 Å². The summed E-state index contributed by atoms with van der Waals surface area (Å²) < 4.78 is 1.03. The van der Waals surface area contributed by atoms with Crippen molar-refractivity contribution >= 4 is 27.5 Å². The second-order valence-corrected chi connectivity index (χ2v) is 7.34. The van der Waals surface area contributed by atoms with Crippen LogP contribution in [0.4, 0.5) is 5.69 Å². The lowest BCUT2D eigenvalue weighted by Crippen LogP contribution is -2.42. The van der Waals surface area contributed by atoms with E-state index in [1.165, 1.54) is 32.1 Å². The van der Waals surface area contributed by atoms with E-state index in [0.717, 1.165) is 16.1 Å². The minimum Gasteiger partial charge on any atom is -0.325 e. The molecule has 2 fully saturated rings. The molecule has 1 saturated heterocycles. The van der Waals surface area contributed by atoms with E-state index in [0.29, 0.717) is 18.6 Å². The Bertz CT molecular complexity index is 502. The third-order valence-electron chi connectivity index (χ3n) is 4.96. The lowest BCUT2D eigenvalue weighted by molar-refractivity contribution is -0.118. The van der Waals surface area contributed by atoms with Crippen LogP contribution >= 0.6 is 15.9 Å². The third kappa shape index (κ3) is 3.49. The van der Waals surface area contributed by atoms with E-state index < -0.39 is 0 Å². The molecule has 3 rings (SSSR count). The average molecular weight is 351 g/mol. The Morgan fingerprint density at radius 1 is 1.29 bits per heavy atom. The second kappa shape index (κ2) is 6.49. The van der Waals surface area contributed by atoms with Crippen LogP contribution in [0.25, 0.3) is 0 Å². The van der Waals surface area contributed by atoms with Crippen LogP contribution in [-0.4, -0.2) is 29.4 Å². The molecule has 1 aromatic rings. The highest BCUT2D eigenvalue weighted by Crippen LogP contribution is 2.39. The molecule has 1 heterocycles. The third-order valence-corrected chi connectivity index (χ3v) is 5.49. The zero-order chi connectivity index (χ0) is 14.8. The van der Waals surface area contributed by atoms with Gasteiger partial charge in [0.05, 0.1) is 6.54 Å². The van der Waals surface area contributed by atoms with Crippen LogP contribution in [0.1, 0.15) is 39.0 Å². The van der Waals surface area contributed by atoms with Gasteiger partial charge in [0.2, 0.25) is 5.91 Å². The first-order chi connectivity index (χ1) is 10.1. The quantitative estimate of drug-likeness (QED) is 0.891. The number of anilines is 1. The van der Waals surface area contributed by atoms with Gasteiger partial charge < -0.3 is 5.32 Å². The molecule has 114 valence electrons. The highest BCUT2D eigenvalue weighted by atomic mass is 79.9. The van der Waals surface area contributed by atoms with Crippen molar-refractivity contribution in [2.75, 3.05) is 11.9 Å². The molecule has 1 aromatic carbocycles. The van der Waals surface area contributed by atoms with Gasteiger partial charge in [-0.3, -0.25) is 9.69 Å². The van der Waals surface area contributed by atoms with Gasteiger partial charge in [0, 0.05) is 22.2 Å². The largest absolute Gasteiger partial charge is 0.325 e. The molecule has 1 amide bonds. The topological polar surface area (TPSA) is 32.3 Å². The lowest BCUT2D eigenvalue weighted by Gasteiger charge is -2.32. The molecule has 3 unspecified atom stereocenters. The van der Waals surface area contributed by atoms with Gasteiger partial charge >= 0.3 is 0 Å². The van der Waals surface area contributed by atoms with Crippen molar-refractivity contribution < 1.29 is 4.79 Å². The number of carbonyl (C=O) groups excluding carboxylic acids is 1. The minimum atomic E-state index is 0.107. The van der Waals surface area contributed by atoms with Crippen LogP contribution < -0.4 is 5.32 Å². The van der Waals surface area contributed by atoms with Gasteiger partial charge in [-0.25, -0.2) is 0 Å². The van der Waals surface area contributed by atoms with Gasteiger partial charge in [0.15, 0.2) is 0 Å². The van der Waals surface area contributed by atoms with Gasteiger partial charge in [-0.1, -0.05) is 28.8 Å². The first kappa shape index (κ1) is 15.0. The number of hydrogen-bond donors (Lipinski definition) is 1. The molecule has 0 spiro atoms. The number of hydrogen-bond acceptors (Lipinski definition) is 2. The SMILES string of the molecule is CC1CC2CCCCC2N1CC(=O)Nc1ccc(Br)cc1. The van der Waals surface area contributed by atoms with Crippen LogP contribution in [0.2, 0.25) is 0 Å². The summed E-state index contributed by atoms with van der Waals surface area (Å²) in [6, 6.07) is 8.92. The molecule has 0 aromatic heterocycles. The van der Waals surface area contributed by atoms with E-state index in [1.54, 1.807) is 0 Å². The summed E-state index contributed by atoms with van der Waals surface area (Å²) in [5, 5.41) is 3.01. The maximum atomic E-state index is 12.3. The summed E-state index contributed by atoms with van der Waals surface area (Å²) in [6.45, 7) is 2.80. The van der Waals surface area contributed by atoms with Gasteiger partial charge in [0.25, 0.3) is 0 Å². The maximum absolute atomic E-state index is 12.3. The van der Waals surface area contributed by atoms with Crippen molar-refractivity contribution in [3.8, 4) is 0 Å². The van der Waals surface area contributed by atoms with Crippen LogP contribution in [-0.2, 0) is 4.79 Å². The molecule has 0 bridgehead atoms. The first-order valence-corrected chi connectivity index (χ1v) is 8.74. The fourth-order valence-electron chi connectivity index (χ4n) is 3.97.